The van der Waals surface area contributed by atoms with Crippen LogP contribution in [-0.2, 0) is 38.0 Å². The molecule has 0 spiro atoms. The van der Waals surface area contributed by atoms with E-state index in [1.54, 1.807) is 0 Å². The summed E-state index contributed by atoms with van der Waals surface area (Å²) >= 11 is 0. The van der Waals surface area contributed by atoms with E-state index in [4.69, 9.17) is 33.2 Å². The minimum atomic E-state index is -1.88. The summed E-state index contributed by atoms with van der Waals surface area (Å²) in [4.78, 5) is 12.9. The van der Waals surface area contributed by atoms with Crippen LogP contribution in [-0.4, -0.2) is 170 Å². The Morgan fingerprint density at radius 3 is 2.08 bits per heavy atom. The molecule has 0 amide bonds. The average Bonchev–Trinajstić information content (AvgIpc) is 3.24. The third-order valence-corrected chi connectivity index (χ3v) is 19.1. The quantitative estimate of drug-likeness (QED) is 0.0948. The van der Waals surface area contributed by atoms with Crippen molar-refractivity contribution in [3.63, 3.8) is 0 Å². The van der Waals surface area contributed by atoms with Gasteiger partial charge in [0.1, 0.15) is 54.9 Å². The molecule has 3 saturated heterocycles. The topological polar surface area (TPSA) is 264 Å². The summed E-state index contributed by atoms with van der Waals surface area (Å²) < 4.78 is 40.8. The summed E-state index contributed by atoms with van der Waals surface area (Å²) in [6, 6.07) is 0. The molecular formula is C48H78O17. The number of aliphatic hydroxyl groups excluding tert-OH is 9. The molecule has 3 heterocycles. The first kappa shape index (κ1) is 50.0. The number of hydrogen-bond donors (Lipinski definition) is 9. The van der Waals surface area contributed by atoms with Gasteiger partial charge < -0.3 is 79.1 Å². The minimum Gasteiger partial charge on any atom is -0.467 e. The highest BCUT2D eigenvalue weighted by atomic mass is 16.8. The van der Waals surface area contributed by atoms with Crippen molar-refractivity contribution >= 4 is 5.97 Å². The Labute approximate surface area is 382 Å². The zero-order valence-corrected chi connectivity index (χ0v) is 39.6. The standard InChI is InChI=1S/C48H78O17/c1-22-29(51)31(53)35(57)41(61-22)62-26-20-60-40(34(56)30(26)52)64-37-33(55)32(54)36(39(58)59-9)63-42(37)65-38-25(50)19-45(6)27(44(38,4)5)12-13-47(8)28(45)11-10-23-24-18-43(2,3)14-16-48(24,21-49)17-15-46(23,47)7/h10,22,24-38,40-42,49-57H,11-21H2,1-9H3/t22-,24+,25-,26+,27-,28+,29-,30-,31+,32-,33-,34+,35+,36-,37+,38-,40-,41-,42-,45-,46+,47+,48+/m0/s1. The number of esters is 1. The van der Waals surface area contributed by atoms with Crippen molar-refractivity contribution in [3.8, 4) is 0 Å². The lowest BCUT2D eigenvalue weighted by molar-refractivity contribution is -0.379. The van der Waals surface area contributed by atoms with Crippen molar-refractivity contribution < 1.29 is 83.9 Å². The van der Waals surface area contributed by atoms with Crippen molar-refractivity contribution in [1.82, 2.24) is 0 Å². The second-order valence-corrected chi connectivity index (χ2v) is 23.5. The monoisotopic (exact) mass is 927 g/mol. The predicted molar refractivity (Wildman–Crippen MR) is 229 cm³/mol. The van der Waals surface area contributed by atoms with Gasteiger partial charge in [-0.1, -0.05) is 60.1 Å². The smallest absolute Gasteiger partial charge is 0.337 e. The van der Waals surface area contributed by atoms with Gasteiger partial charge in [0.2, 0.25) is 0 Å². The van der Waals surface area contributed by atoms with Crippen LogP contribution in [0.1, 0.15) is 113 Å². The van der Waals surface area contributed by atoms with Crippen LogP contribution >= 0.6 is 0 Å². The maximum atomic E-state index is 12.9. The van der Waals surface area contributed by atoms with Crippen molar-refractivity contribution in [3.05, 3.63) is 11.6 Å². The SMILES string of the molecule is COC(=O)[C@H]1O[C@@H](O[C@H]2[C@@H](O)C[C@]3(C)[C@H]4CC=C5[C@H]6CC(C)(C)CC[C@]6(CO)CC[C@@]5(C)[C@]4(C)CC[C@H]3C2(C)C)[C@H](O[C@@H]2OC[C@@H](O[C@@H]3O[C@@H](C)[C@H](O)[C@@H](O)[C@H]3O)[C@H](O)[C@H]2O)[C@@H](O)[C@@H]1O. The molecule has 5 aliphatic carbocycles. The van der Waals surface area contributed by atoms with Gasteiger partial charge in [0.25, 0.3) is 0 Å². The Morgan fingerprint density at radius 2 is 1.40 bits per heavy atom. The van der Waals surface area contributed by atoms with Crippen LogP contribution in [0.4, 0.5) is 0 Å². The number of carbonyl (C=O) groups excluding carboxylic acids is 1. The molecule has 9 N–H and O–H groups in total. The summed E-state index contributed by atoms with van der Waals surface area (Å²) in [6.45, 7) is 17.4. The molecule has 65 heavy (non-hydrogen) atoms. The predicted octanol–water partition coefficient (Wildman–Crippen LogP) is 1.43. The molecule has 8 aliphatic rings. The Balaban J connectivity index is 1.02. The summed E-state index contributed by atoms with van der Waals surface area (Å²) in [5.74, 6) is -0.367. The van der Waals surface area contributed by atoms with Gasteiger partial charge in [0.15, 0.2) is 25.0 Å². The van der Waals surface area contributed by atoms with E-state index in [0.717, 1.165) is 58.5 Å². The van der Waals surface area contributed by atoms with E-state index in [0.29, 0.717) is 12.3 Å². The van der Waals surface area contributed by atoms with Crippen molar-refractivity contribution in [2.75, 3.05) is 20.3 Å². The van der Waals surface area contributed by atoms with Crippen LogP contribution in [0, 0.1) is 50.2 Å². The molecular weight excluding hydrogens is 849 g/mol. The third kappa shape index (κ3) is 7.90. The minimum absolute atomic E-state index is 0.0539. The number of ether oxygens (including phenoxy) is 7. The summed E-state index contributed by atoms with van der Waals surface area (Å²) in [6.07, 6.45) is -13.5. The van der Waals surface area contributed by atoms with E-state index >= 15 is 0 Å². The van der Waals surface area contributed by atoms with E-state index in [1.165, 1.54) is 12.5 Å². The second kappa shape index (κ2) is 17.5. The highest BCUT2D eigenvalue weighted by Gasteiger charge is 2.70. The lowest BCUT2D eigenvalue weighted by atomic mass is 9.33. The molecule has 8 rings (SSSR count). The molecule has 0 bridgehead atoms. The normalized spacial score (nSPS) is 53.9. The lowest BCUT2D eigenvalue weighted by Crippen LogP contribution is -2.69. The van der Waals surface area contributed by atoms with Crippen molar-refractivity contribution in [2.45, 2.75) is 211 Å². The van der Waals surface area contributed by atoms with Gasteiger partial charge in [-0.2, -0.15) is 0 Å². The van der Waals surface area contributed by atoms with E-state index in [2.05, 4.69) is 54.5 Å². The van der Waals surface area contributed by atoms with Gasteiger partial charge in [-0.05, 0) is 110 Å². The molecule has 0 unspecified atom stereocenters. The number of rotatable bonds is 8. The summed E-state index contributed by atoms with van der Waals surface area (Å²) in [7, 11) is 1.11. The number of hydrogen-bond acceptors (Lipinski definition) is 17. The first-order chi connectivity index (χ1) is 30.3. The Hall–Kier alpha value is -1.39. The fourth-order valence-electron chi connectivity index (χ4n) is 15.0. The third-order valence-electron chi connectivity index (χ3n) is 19.1. The van der Waals surface area contributed by atoms with Crippen LogP contribution in [0.3, 0.4) is 0 Å². The average molecular weight is 927 g/mol. The van der Waals surface area contributed by atoms with E-state index in [1.807, 2.05) is 0 Å². The summed E-state index contributed by atoms with van der Waals surface area (Å²) in [5.41, 5.74) is 0.451. The van der Waals surface area contributed by atoms with E-state index < -0.39 is 116 Å². The van der Waals surface area contributed by atoms with Crippen LogP contribution in [0.5, 0.6) is 0 Å². The van der Waals surface area contributed by atoms with E-state index in [-0.39, 0.29) is 45.5 Å². The first-order valence-electron chi connectivity index (χ1n) is 24.0. The second-order valence-electron chi connectivity index (χ2n) is 23.5. The molecule has 23 atom stereocenters. The fraction of sp³-hybridized carbons (Fsp3) is 0.938. The zero-order chi connectivity index (χ0) is 47.6. The highest BCUT2D eigenvalue weighted by molar-refractivity contribution is 5.75. The zero-order valence-electron chi connectivity index (χ0n) is 39.6. The van der Waals surface area contributed by atoms with Gasteiger partial charge in [0.05, 0.1) is 32.0 Å². The number of methoxy groups -OCH3 is 1. The van der Waals surface area contributed by atoms with Gasteiger partial charge >= 0.3 is 5.97 Å². The Bertz CT molecular complexity index is 1780. The largest absolute Gasteiger partial charge is 0.467 e. The highest BCUT2D eigenvalue weighted by Crippen LogP contribution is 2.76. The summed E-state index contributed by atoms with van der Waals surface area (Å²) in [5, 5.41) is 99.4. The Kier molecular flexibility index (Phi) is 13.4. The van der Waals surface area contributed by atoms with Crippen LogP contribution in [0.25, 0.3) is 0 Å². The van der Waals surface area contributed by atoms with Crippen LogP contribution in [0.15, 0.2) is 11.6 Å². The molecule has 0 aromatic rings. The molecule has 17 nitrogen and oxygen atoms in total. The first-order valence-corrected chi connectivity index (χ1v) is 24.0. The van der Waals surface area contributed by atoms with Crippen molar-refractivity contribution in [2.24, 2.45) is 50.2 Å². The van der Waals surface area contributed by atoms with Crippen molar-refractivity contribution in [1.29, 1.82) is 0 Å². The van der Waals surface area contributed by atoms with Crippen LogP contribution in [0.2, 0.25) is 0 Å². The number of allylic oxidation sites excluding steroid dienone is 2. The number of carbonyl (C=O) groups is 1. The van der Waals surface area contributed by atoms with Gasteiger partial charge in [0, 0.05) is 12.0 Å². The molecule has 17 heteroatoms. The maximum Gasteiger partial charge on any atom is 0.337 e. The molecule has 0 aromatic heterocycles. The molecule has 0 radical (unpaired) electrons. The van der Waals surface area contributed by atoms with Gasteiger partial charge in [-0.25, -0.2) is 4.79 Å². The molecule has 7 fully saturated rings. The Morgan fingerprint density at radius 1 is 0.723 bits per heavy atom. The van der Waals surface area contributed by atoms with E-state index in [9.17, 15) is 50.8 Å². The van der Waals surface area contributed by atoms with Gasteiger partial charge in [-0.3, -0.25) is 0 Å². The maximum absolute atomic E-state index is 12.9. The molecule has 3 aliphatic heterocycles. The lowest BCUT2D eigenvalue weighted by Gasteiger charge is -2.72. The number of aliphatic hydroxyl groups is 9. The molecule has 372 valence electrons. The molecule has 0 aromatic carbocycles. The van der Waals surface area contributed by atoms with Crippen LogP contribution < -0.4 is 0 Å². The van der Waals surface area contributed by atoms with Gasteiger partial charge in [-0.15, -0.1) is 0 Å². The fourth-order valence-corrected chi connectivity index (χ4v) is 15.0. The molecule has 4 saturated carbocycles. The number of fused-ring (bicyclic) bond motifs is 7.